The van der Waals surface area contributed by atoms with E-state index in [9.17, 15) is 20.2 Å². The summed E-state index contributed by atoms with van der Waals surface area (Å²) in [7, 11) is 0. The fraction of sp³-hybridized carbons (Fsp3) is 0.200. The standard InChI is InChI=1S/C15H12ClN3O4/c1-7(20)13-8(2)23-15(18)11(6-17)14(13)10-5-9(19(21)22)3-4-12(10)16/h3-5,14H,18H2,1-2H3. The van der Waals surface area contributed by atoms with Crippen molar-refractivity contribution in [1.29, 1.82) is 5.26 Å². The van der Waals surface area contributed by atoms with E-state index in [2.05, 4.69) is 0 Å². The maximum atomic E-state index is 12.0. The Morgan fingerprint density at radius 1 is 1.52 bits per heavy atom. The summed E-state index contributed by atoms with van der Waals surface area (Å²) in [6.45, 7) is 2.85. The number of halogens is 1. The van der Waals surface area contributed by atoms with Crippen molar-refractivity contribution in [3.05, 3.63) is 61.7 Å². The van der Waals surface area contributed by atoms with Crippen LogP contribution in [0.1, 0.15) is 25.3 Å². The maximum absolute atomic E-state index is 12.0. The Morgan fingerprint density at radius 2 is 2.17 bits per heavy atom. The second kappa shape index (κ2) is 6.10. The lowest BCUT2D eigenvalue weighted by atomic mass is 9.81. The van der Waals surface area contributed by atoms with Crippen LogP contribution >= 0.6 is 11.6 Å². The number of hydrogen-bond acceptors (Lipinski definition) is 6. The summed E-state index contributed by atoms with van der Waals surface area (Å²) in [5, 5.41) is 20.6. The number of ketones is 1. The van der Waals surface area contributed by atoms with Gasteiger partial charge in [0, 0.05) is 22.7 Å². The van der Waals surface area contributed by atoms with Gasteiger partial charge in [-0.2, -0.15) is 5.26 Å². The SMILES string of the molecule is CC(=O)C1=C(C)OC(N)=C(C#N)C1c1cc([N+](=O)[O-])ccc1Cl. The van der Waals surface area contributed by atoms with E-state index < -0.39 is 10.8 Å². The first-order valence-corrected chi connectivity index (χ1v) is 6.88. The highest BCUT2D eigenvalue weighted by Gasteiger charge is 2.35. The zero-order chi connectivity index (χ0) is 17.3. The molecule has 0 spiro atoms. The Labute approximate surface area is 136 Å². The van der Waals surface area contributed by atoms with Crippen LogP contribution in [0.25, 0.3) is 0 Å². The van der Waals surface area contributed by atoms with Crippen molar-refractivity contribution < 1.29 is 14.5 Å². The summed E-state index contributed by atoms with van der Waals surface area (Å²) < 4.78 is 5.25. The van der Waals surface area contributed by atoms with Gasteiger partial charge in [0.2, 0.25) is 5.88 Å². The number of carbonyl (C=O) groups excluding carboxylic acids is 1. The lowest BCUT2D eigenvalue weighted by Crippen LogP contribution is -2.23. The number of nitrogens with zero attached hydrogens (tertiary/aromatic N) is 2. The molecule has 0 radical (unpaired) electrons. The quantitative estimate of drug-likeness (QED) is 0.670. The Hall–Kier alpha value is -2.85. The number of rotatable bonds is 3. The highest BCUT2D eigenvalue weighted by atomic mass is 35.5. The lowest BCUT2D eigenvalue weighted by molar-refractivity contribution is -0.384. The van der Waals surface area contributed by atoms with Crippen LogP contribution in [0, 0.1) is 21.4 Å². The molecule has 1 aliphatic heterocycles. The van der Waals surface area contributed by atoms with Crippen LogP contribution in [0.5, 0.6) is 0 Å². The van der Waals surface area contributed by atoms with E-state index in [1.807, 2.05) is 6.07 Å². The van der Waals surface area contributed by atoms with Crippen LogP contribution in [0.2, 0.25) is 5.02 Å². The maximum Gasteiger partial charge on any atom is 0.269 e. The van der Waals surface area contributed by atoms with Crippen LogP contribution in [-0.2, 0) is 9.53 Å². The molecule has 7 nitrogen and oxygen atoms in total. The molecule has 1 aromatic carbocycles. The van der Waals surface area contributed by atoms with E-state index in [-0.39, 0.29) is 44.8 Å². The van der Waals surface area contributed by atoms with E-state index in [4.69, 9.17) is 22.1 Å². The molecule has 1 atom stereocenters. The van der Waals surface area contributed by atoms with Crippen molar-refractivity contribution in [2.24, 2.45) is 5.73 Å². The Kier molecular flexibility index (Phi) is 4.38. The summed E-state index contributed by atoms with van der Waals surface area (Å²) in [6.07, 6.45) is 0. The number of nitriles is 1. The van der Waals surface area contributed by atoms with E-state index in [0.29, 0.717) is 0 Å². The number of allylic oxidation sites excluding steroid dienone is 3. The molecule has 1 aliphatic rings. The fourth-order valence-electron chi connectivity index (χ4n) is 2.51. The van der Waals surface area contributed by atoms with Crippen molar-refractivity contribution >= 4 is 23.1 Å². The largest absolute Gasteiger partial charge is 0.445 e. The van der Waals surface area contributed by atoms with Gasteiger partial charge in [-0.15, -0.1) is 0 Å². The average Bonchev–Trinajstić information content (AvgIpc) is 2.46. The molecule has 118 valence electrons. The summed E-state index contributed by atoms with van der Waals surface area (Å²) in [4.78, 5) is 22.4. The van der Waals surface area contributed by atoms with Crippen LogP contribution in [0.4, 0.5) is 5.69 Å². The first-order chi connectivity index (χ1) is 10.8. The van der Waals surface area contributed by atoms with Crippen molar-refractivity contribution in [1.82, 2.24) is 0 Å². The average molecular weight is 334 g/mol. The first kappa shape index (κ1) is 16.5. The lowest BCUT2D eigenvalue weighted by Gasteiger charge is -2.27. The number of nitrogens with two attached hydrogens (primary N) is 1. The summed E-state index contributed by atoms with van der Waals surface area (Å²) >= 11 is 6.15. The van der Waals surface area contributed by atoms with Crippen LogP contribution < -0.4 is 5.73 Å². The molecular formula is C15H12ClN3O4. The number of nitro groups is 1. The van der Waals surface area contributed by atoms with Crippen molar-refractivity contribution in [3.63, 3.8) is 0 Å². The van der Waals surface area contributed by atoms with Gasteiger partial charge < -0.3 is 10.5 Å². The third-order valence-electron chi connectivity index (χ3n) is 3.49. The van der Waals surface area contributed by atoms with Crippen molar-refractivity contribution in [2.45, 2.75) is 19.8 Å². The second-order valence-corrected chi connectivity index (χ2v) is 5.32. The van der Waals surface area contributed by atoms with E-state index in [0.717, 1.165) is 0 Å². The van der Waals surface area contributed by atoms with Crippen LogP contribution in [-0.4, -0.2) is 10.7 Å². The van der Waals surface area contributed by atoms with Gasteiger partial charge in [-0.1, -0.05) is 11.6 Å². The molecular weight excluding hydrogens is 322 g/mol. The molecule has 0 bridgehead atoms. The predicted molar refractivity (Wildman–Crippen MR) is 82.1 cm³/mol. The molecule has 0 aliphatic carbocycles. The third-order valence-corrected chi connectivity index (χ3v) is 3.83. The van der Waals surface area contributed by atoms with E-state index in [1.165, 1.54) is 32.0 Å². The topological polar surface area (TPSA) is 119 Å². The Balaban J connectivity index is 2.77. The zero-order valence-electron chi connectivity index (χ0n) is 12.3. The van der Waals surface area contributed by atoms with Crippen LogP contribution in [0.15, 0.2) is 41.0 Å². The number of non-ortho nitro benzene ring substituents is 1. The predicted octanol–water partition coefficient (Wildman–Crippen LogP) is 2.92. The Bertz CT molecular complexity index is 821. The van der Waals surface area contributed by atoms with Crippen molar-refractivity contribution in [2.75, 3.05) is 0 Å². The smallest absolute Gasteiger partial charge is 0.269 e. The molecule has 1 unspecified atom stereocenters. The Morgan fingerprint density at radius 3 is 2.70 bits per heavy atom. The number of nitro benzene ring substituents is 1. The minimum atomic E-state index is -0.904. The van der Waals surface area contributed by atoms with Gasteiger partial charge in [0.05, 0.1) is 10.8 Å². The van der Waals surface area contributed by atoms with Gasteiger partial charge in [-0.25, -0.2) is 0 Å². The number of ether oxygens (including phenoxy) is 1. The molecule has 0 saturated heterocycles. The molecule has 23 heavy (non-hydrogen) atoms. The van der Waals surface area contributed by atoms with Crippen molar-refractivity contribution in [3.8, 4) is 6.07 Å². The van der Waals surface area contributed by atoms with Gasteiger partial charge in [-0.3, -0.25) is 14.9 Å². The van der Waals surface area contributed by atoms with Gasteiger partial charge >= 0.3 is 0 Å². The summed E-state index contributed by atoms with van der Waals surface area (Å²) in [5.74, 6) is -1.15. The molecule has 2 N–H and O–H groups in total. The zero-order valence-corrected chi connectivity index (χ0v) is 13.0. The van der Waals surface area contributed by atoms with E-state index in [1.54, 1.807) is 0 Å². The molecule has 1 aromatic rings. The summed E-state index contributed by atoms with van der Waals surface area (Å²) in [6, 6.07) is 5.73. The summed E-state index contributed by atoms with van der Waals surface area (Å²) in [5.41, 5.74) is 5.97. The minimum Gasteiger partial charge on any atom is -0.445 e. The molecule has 2 rings (SSSR count). The number of Topliss-reactive ketones (excluding diaryl/α,β-unsaturated/α-hetero) is 1. The van der Waals surface area contributed by atoms with Gasteiger partial charge in [-0.05, 0) is 25.5 Å². The molecule has 0 fully saturated rings. The van der Waals surface area contributed by atoms with Crippen LogP contribution in [0.3, 0.4) is 0 Å². The highest BCUT2D eigenvalue weighted by molar-refractivity contribution is 6.31. The number of hydrogen-bond donors (Lipinski definition) is 1. The second-order valence-electron chi connectivity index (χ2n) is 4.91. The molecule has 0 saturated carbocycles. The van der Waals surface area contributed by atoms with E-state index >= 15 is 0 Å². The molecule has 0 aromatic heterocycles. The molecule has 1 heterocycles. The third kappa shape index (κ3) is 2.89. The monoisotopic (exact) mass is 333 g/mol. The first-order valence-electron chi connectivity index (χ1n) is 6.51. The fourth-order valence-corrected chi connectivity index (χ4v) is 2.74. The van der Waals surface area contributed by atoms with Gasteiger partial charge in [0.1, 0.15) is 17.4 Å². The number of carbonyl (C=O) groups is 1. The highest BCUT2D eigenvalue weighted by Crippen LogP contribution is 2.42. The number of benzene rings is 1. The molecule has 8 heteroatoms. The van der Waals surface area contributed by atoms with Gasteiger partial charge in [0.25, 0.3) is 5.69 Å². The minimum absolute atomic E-state index is 0.0109. The molecule has 0 amide bonds. The normalized spacial score (nSPS) is 17.6. The van der Waals surface area contributed by atoms with Gasteiger partial charge in [0.15, 0.2) is 5.78 Å².